The Hall–Kier alpha value is -1.35. The van der Waals surface area contributed by atoms with Gasteiger partial charge in [0.15, 0.2) is 5.78 Å². The van der Waals surface area contributed by atoms with Crippen LogP contribution in [-0.2, 0) is 6.42 Å². The maximum atomic E-state index is 11.4. The van der Waals surface area contributed by atoms with Gasteiger partial charge >= 0.3 is 0 Å². The number of aromatic hydroxyl groups is 1. The summed E-state index contributed by atoms with van der Waals surface area (Å²) in [4.78, 5) is 11.4. The molecule has 1 aromatic carbocycles. The van der Waals surface area contributed by atoms with Crippen LogP contribution in [0.25, 0.3) is 0 Å². The fourth-order valence-corrected chi connectivity index (χ4v) is 2.15. The normalized spacial score (nSPS) is 10.6. The van der Waals surface area contributed by atoms with Crippen LogP contribution >= 0.6 is 0 Å². The first-order valence-electron chi connectivity index (χ1n) is 7.15. The molecule has 0 spiro atoms. The summed E-state index contributed by atoms with van der Waals surface area (Å²) in [5, 5.41) is 18.6. The number of aliphatic hydroxyl groups is 1. The first kappa shape index (κ1) is 15.7. The molecule has 0 bridgehead atoms. The molecule has 0 aliphatic carbocycles. The molecule has 0 heterocycles. The van der Waals surface area contributed by atoms with E-state index < -0.39 is 6.61 Å². The lowest BCUT2D eigenvalue weighted by Crippen LogP contribution is -2.04. The molecule has 1 aromatic rings. The van der Waals surface area contributed by atoms with Crippen molar-refractivity contribution in [1.29, 1.82) is 0 Å². The van der Waals surface area contributed by atoms with Crippen LogP contribution in [0.2, 0.25) is 0 Å². The lowest BCUT2D eigenvalue weighted by molar-refractivity contribution is 0.0903. The maximum absolute atomic E-state index is 11.4. The fraction of sp³-hybridized carbons (Fsp3) is 0.562. The van der Waals surface area contributed by atoms with Gasteiger partial charge in [-0.05, 0) is 36.6 Å². The van der Waals surface area contributed by atoms with Gasteiger partial charge in [-0.3, -0.25) is 4.79 Å². The average Bonchev–Trinajstić information content (AvgIpc) is 2.43. The molecule has 0 fully saturated rings. The maximum Gasteiger partial charge on any atom is 0.188 e. The number of benzene rings is 1. The second-order valence-electron chi connectivity index (χ2n) is 4.94. The number of aliphatic hydroxyl groups excluding tert-OH is 1. The average molecular weight is 264 g/mol. The van der Waals surface area contributed by atoms with Gasteiger partial charge in [0, 0.05) is 5.56 Å². The third-order valence-corrected chi connectivity index (χ3v) is 3.34. The SMILES string of the molecule is CCCCCCCCc1cc(C(=O)CO)ccc1O. The molecule has 0 amide bonds. The number of carbonyl (C=O) groups is 1. The number of Topliss-reactive ketones (excluding diaryl/α,β-unsaturated/α-hetero) is 1. The van der Waals surface area contributed by atoms with E-state index in [1.54, 1.807) is 12.1 Å². The lowest BCUT2D eigenvalue weighted by atomic mass is 10.0. The van der Waals surface area contributed by atoms with E-state index in [1.165, 1.54) is 31.7 Å². The highest BCUT2D eigenvalue weighted by molar-refractivity contribution is 5.97. The molecule has 0 aromatic heterocycles. The van der Waals surface area contributed by atoms with Crippen LogP contribution < -0.4 is 0 Å². The van der Waals surface area contributed by atoms with Gasteiger partial charge in [-0.2, -0.15) is 0 Å². The fourth-order valence-electron chi connectivity index (χ4n) is 2.15. The van der Waals surface area contributed by atoms with Crippen LogP contribution in [0.5, 0.6) is 5.75 Å². The molecule has 0 saturated heterocycles. The topological polar surface area (TPSA) is 57.5 Å². The monoisotopic (exact) mass is 264 g/mol. The van der Waals surface area contributed by atoms with Crippen LogP contribution in [0.1, 0.15) is 61.4 Å². The Morgan fingerprint density at radius 1 is 1.11 bits per heavy atom. The van der Waals surface area contributed by atoms with Gasteiger partial charge in [0.1, 0.15) is 12.4 Å². The molecule has 2 N–H and O–H groups in total. The highest BCUT2D eigenvalue weighted by Crippen LogP contribution is 2.21. The summed E-state index contributed by atoms with van der Waals surface area (Å²) in [7, 11) is 0. The van der Waals surface area contributed by atoms with Crippen LogP contribution in [-0.4, -0.2) is 22.6 Å². The summed E-state index contributed by atoms with van der Waals surface area (Å²) in [6.45, 7) is 1.71. The third kappa shape index (κ3) is 5.43. The second-order valence-corrected chi connectivity index (χ2v) is 4.94. The molecular weight excluding hydrogens is 240 g/mol. The van der Waals surface area contributed by atoms with Gasteiger partial charge in [-0.25, -0.2) is 0 Å². The Kier molecular flexibility index (Phi) is 7.19. The number of rotatable bonds is 9. The molecule has 0 atom stereocenters. The summed E-state index contributed by atoms with van der Waals surface area (Å²) in [6, 6.07) is 4.79. The summed E-state index contributed by atoms with van der Waals surface area (Å²) in [5.74, 6) is -0.0627. The highest BCUT2D eigenvalue weighted by Gasteiger charge is 2.08. The van der Waals surface area contributed by atoms with E-state index in [9.17, 15) is 9.90 Å². The Labute approximate surface area is 115 Å². The standard InChI is InChI=1S/C16H24O3/c1-2-3-4-5-6-7-8-13-11-14(16(19)12-17)9-10-15(13)18/h9-11,17-18H,2-8,12H2,1H3. The zero-order chi connectivity index (χ0) is 14.1. The number of ketones is 1. The van der Waals surface area contributed by atoms with Gasteiger partial charge in [0.2, 0.25) is 0 Å². The molecule has 0 radical (unpaired) electrons. The molecule has 3 heteroatoms. The van der Waals surface area contributed by atoms with Crippen LogP contribution in [0.15, 0.2) is 18.2 Å². The number of unbranched alkanes of at least 4 members (excludes halogenated alkanes) is 5. The van der Waals surface area contributed by atoms with E-state index in [0.29, 0.717) is 5.56 Å². The molecule has 0 saturated carbocycles. The van der Waals surface area contributed by atoms with Crippen molar-refractivity contribution in [3.05, 3.63) is 29.3 Å². The van der Waals surface area contributed by atoms with E-state index in [4.69, 9.17) is 5.11 Å². The molecule has 0 aliphatic heterocycles. The minimum absolute atomic E-state index is 0.239. The van der Waals surface area contributed by atoms with Gasteiger partial charge in [-0.15, -0.1) is 0 Å². The lowest BCUT2D eigenvalue weighted by Gasteiger charge is -2.07. The summed E-state index contributed by atoms with van der Waals surface area (Å²) < 4.78 is 0. The third-order valence-electron chi connectivity index (χ3n) is 3.34. The van der Waals surface area contributed by atoms with Crippen LogP contribution in [0.4, 0.5) is 0 Å². The van der Waals surface area contributed by atoms with Crippen molar-refractivity contribution in [2.75, 3.05) is 6.61 Å². The summed E-state index contributed by atoms with van der Waals surface area (Å²) in [5.41, 5.74) is 1.27. The Morgan fingerprint density at radius 3 is 2.47 bits per heavy atom. The molecule has 1 rings (SSSR count). The van der Waals surface area contributed by atoms with E-state index in [-0.39, 0.29) is 11.5 Å². The zero-order valence-electron chi connectivity index (χ0n) is 11.7. The van der Waals surface area contributed by atoms with E-state index in [0.717, 1.165) is 24.8 Å². The van der Waals surface area contributed by atoms with Crippen molar-refractivity contribution in [2.24, 2.45) is 0 Å². The molecule has 0 unspecified atom stereocenters. The van der Waals surface area contributed by atoms with Gasteiger partial charge < -0.3 is 10.2 Å². The number of hydrogen-bond acceptors (Lipinski definition) is 3. The van der Waals surface area contributed by atoms with Gasteiger partial charge in [0.05, 0.1) is 0 Å². The molecule has 3 nitrogen and oxygen atoms in total. The minimum Gasteiger partial charge on any atom is -0.508 e. The molecular formula is C16H24O3. The highest BCUT2D eigenvalue weighted by atomic mass is 16.3. The van der Waals surface area contributed by atoms with Crippen molar-refractivity contribution in [1.82, 2.24) is 0 Å². The van der Waals surface area contributed by atoms with Gasteiger partial charge in [0.25, 0.3) is 0 Å². The van der Waals surface area contributed by atoms with Crippen molar-refractivity contribution in [3.63, 3.8) is 0 Å². The van der Waals surface area contributed by atoms with Crippen molar-refractivity contribution < 1.29 is 15.0 Å². The Balaban J connectivity index is 2.46. The van der Waals surface area contributed by atoms with Crippen molar-refractivity contribution in [2.45, 2.75) is 51.9 Å². The second kappa shape index (κ2) is 8.70. The molecule has 19 heavy (non-hydrogen) atoms. The summed E-state index contributed by atoms with van der Waals surface area (Å²) >= 11 is 0. The Morgan fingerprint density at radius 2 is 1.79 bits per heavy atom. The van der Waals surface area contributed by atoms with Crippen LogP contribution in [0, 0.1) is 0 Å². The largest absolute Gasteiger partial charge is 0.508 e. The first-order valence-corrected chi connectivity index (χ1v) is 7.15. The number of aryl methyl sites for hydroxylation is 1. The Bertz CT molecular complexity index is 399. The number of phenols is 1. The number of phenolic OH excluding ortho intramolecular Hbond substituents is 1. The van der Waals surface area contributed by atoms with Crippen molar-refractivity contribution in [3.8, 4) is 5.75 Å². The quantitative estimate of drug-likeness (QED) is 0.530. The van der Waals surface area contributed by atoms with Crippen LogP contribution in [0.3, 0.4) is 0 Å². The van der Waals surface area contributed by atoms with Crippen molar-refractivity contribution >= 4 is 5.78 Å². The van der Waals surface area contributed by atoms with E-state index >= 15 is 0 Å². The number of carbonyl (C=O) groups excluding carboxylic acids is 1. The molecule has 0 aliphatic rings. The predicted octanol–water partition coefficient (Wildman–Crippen LogP) is 3.47. The smallest absolute Gasteiger partial charge is 0.188 e. The van der Waals surface area contributed by atoms with E-state index in [1.807, 2.05) is 0 Å². The minimum atomic E-state index is -0.485. The zero-order valence-corrected chi connectivity index (χ0v) is 11.7. The molecule has 106 valence electrons. The van der Waals surface area contributed by atoms with Gasteiger partial charge in [-0.1, -0.05) is 39.0 Å². The first-order chi connectivity index (χ1) is 9.19. The van der Waals surface area contributed by atoms with E-state index in [2.05, 4.69) is 6.92 Å². The summed E-state index contributed by atoms with van der Waals surface area (Å²) in [6.07, 6.45) is 7.98. The predicted molar refractivity (Wildman–Crippen MR) is 76.6 cm³/mol. The number of hydrogen-bond donors (Lipinski definition) is 2.